The lowest BCUT2D eigenvalue weighted by atomic mass is 10.0. The van der Waals surface area contributed by atoms with E-state index in [9.17, 15) is 0 Å². The number of hydrogen-bond donors (Lipinski definition) is 1. The van der Waals surface area contributed by atoms with Crippen molar-refractivity contribution < 1.29 is 4.74 Å². The summed E-state index contributed by atoms with van der Waals surface area (Å²) in [5, 5.41) is 0. The molecule has 0 radical (unpaired) electrons. The van der Waals surface area contributed by atoms with Crippen LogP contribution in [0.15, 0.2) is 18.2 Å². The van der Waals surface area contributed by atoms with Gasteiger partial charge >= 0.3 is 0 Å². The van der Waals surface area contributed by atoms with Gasteiger partial charge in [-0.15, -0.1) is 0 Å². The van der Waals surface area contributed by atoms with Gasteiger partial charge in [0.1, 0.15) is 0 Å². The third-order valence-corrected chi connectivity index (χ3v) is 4.04. The summed E-state index contributed by atoms with van der Waals surface area (Å²) in [6.45, 7) is 10.6. The second-order valence-corrected chi connectivity index (χ2v) is 6.16. The summed E-state index contributed by atoms with van der Waals surface area (Å²) >= 11 is 0. The second-order valence-electron chi connectivity index (χ2n) is 6.16. The molecule has 0 aliphatic carbocycles. The number of anilines is 1. The van der Waals surface area contributed by atoms with Gasteiger partial charge in [-0.1, -0.05) is 19.1 Å². The Bertz CT molecular complexity index is 437. The summed E-state index contributed by atoms with van der Waals surface area (Å²) < 4.78 is 5.81. The molecular formula is C17H28N2O. The van der Waals surface area contributed by atoms with Crippen molar-refractivity contribution in [2.45, 2.75) is 58.8 Å². The topological polar surface area (TPSA) is 38.5 Å². The fourth-order valence-electron chi connectivity index (χ4n) is 3.02. The molecule has 2 N–H and O–H groups in total. The van der Waals surface area contributed by atoms with Gasteiger partial charge in [0.05, 0.1) is 12.2 Å². The van der Waals surface area contributed by atoms with Crippen molar-refractivity contribution in [3.63, 3.8) is 0 Å². The Hall–Kier alpha value is -1.06. The molecular weight excluding hydrogens is 248 g/mol. The van der Waals surface area contributed by atoms with Gasteiger partial charge in [0.25, 0.3) is 0 Å². The van der Waals surface area contributed by atoms with Gasteiger partial charge in [0.2, 0.25) is 0 Å². The number of benzene rings is 1. The van der Waals surface area contributed by atoms with Gasteiger partial charge in [0.15, 0.2) is 0 Å². The summed E-state index contributed by atoms with van der Waals surface area (Å²) in [5.74, 6) is 0. The Balaban J connectivity index is 2.13. The number of aryl methyl sites for hydroxylation is 1. The molecule has 1 fully saturated rings. The van der Waals surface area contributed by atoms with E-state index in [1.165, 1.54) is 16.8 Å². The van der Waals surface area contributed by atoms with Crippen LogP contribution in [0.2, 0.25) is 0 Å². The van der Waals surface area contributed by atoms with Crippen LogP contribution in [0.1, 0.15) is 38.3 Å². The molecule has 0 saturated carbocycles. The summed E-state index contributed by atoms with van der Waals surface area (Å²) in [4.78, 5) is 2.44. The zero-order valence-electron chi connectivity index (χ0n) is 13.2. The molecule has 3 atom stereocenters. The minimum atomic E-state index is 0.267. The van der Waals surface area contributed by atoms with Gasteiger partial charge in [-0.3, -0.25) is 0 Å². The van der Waals surface area contributed by atoms with E-state index in [0.717, 1.165) is 25.9 Å². The molecule has 3 heteroatoms. The normalized spacial score (nSPS) is 24.8. The molecule has 1 saturated heterocycles. The standard InChI is InChI=1S/C17H28N2O/c1-5-16(18)9-15-6-7-17(12(2)8-15)19-10-13(3)20-14(4)11-19/h6-8,13-14,16H,5,9-11,18H2,1-4H3. The Morgan fingerprint density at radius 2 is 1.95 bits per heavy atom. The van der Waals surface area contributed by atoms with E-state index < -0.39 is 0 Å². The Kier molecular flexibility index (Phi) is 5.06. The first kappa shape index (κ1) is 15.3. The summed E-state index contributed by atoms with van der Waals surface area (Å²) in [6.07, 6.45) is 2.59. The lowest BCUT2D eigenvalue weighted by molar-refractivity contribution is -0.00524. The SMILES string of the molecule is CCC(N)Cc1ccc(N2CC(C)OC(C)C2)c(C)c1. The van der Waals surface area contributed by atoms with Crippen LogP contribution in [-0.2, 0) is 11.2 Å². The first-order valence-corrected chi connectivity index (χ1v) is 7.75. The van der Waals surface area contributed by atoms with Gasteiger partial charge in [0, 0.05) is 24.8 Å². The average Bonchev–Trinajstić information content (AvgIpc) is 2.37. The molecule has 0 aromatic heterocycles. The molecule has 20 heavy (non-hydrogen) atoms. The molecule has 1 aromatic rings. The maximum atomic E-state index is 6.05. The van der Waals surface area contributed by atoms with Gasteiger partial charge in [-0.05, 0) is 50.8 Å². The number of morpholine rings is 1. The molecule has 1 heterocycles. The summed E-state index contributed by atoms with van der Waals surface area (Å²) in [7, 11) is 0. The molecule has 0 bridgehead atoms. The molecule has 0 amide bonds. The average molecular weight is 276 g/mol. The van der Waals surface area contributed by atoms with E-state index in [1.807, 2.05) is 0 Å². The minimum Gasteiger partial charge on any atom is -0.372 e. The first-order chi connectivity index (χ1) is 9.49. The van der Waals surface area contributed by atoms with Crippen molar-refractivity contribution in [1.29, 1.82) is 0 Å². The number of ether oxygens (including phenoxy) is 1. The molecule has 112 valence electrons. The van der Waals surface area contributed by atoms with Gasteiger partial charge < -0.3 is 15.4 Å². The van der Waals surface area contributed by atoms with Crippen LogP contribution >= 0.6 is 0 Å². The van der Waals surface area contributed by atoms with Gasteiger partial charge in [-0.2, -0.15) is 0 Å². The van der Waals surface area contributed by atoms with E-state index in [0.29, 0.717) is 12.2 Å². The zero-order chi connectivity index (χ0) is 14.7. The maximum absolute atomic E-state index is 6.05. The molecule has 0 spiro atoms. The second kappa shape index (κ2) is 6.59. The number of nitrogens with zero attached hydrogens (tertiary/aromatic N) is 1. The fraction of sp³-hybridized carbons (Fsp3) is 0.647. The molecule has 3 nitrogen and oxygen atoms in total. The van der Waals surface area contributed by atoms with Crippen LogP contribution in [0, 0.1) is 6.92 Å². The van der Waals surface area contributed by atoms with Crippen molar-refractivity contribution >= 4 is 5.69 Å². The lowest BCUT2D eigenvalue weighted by Crippen LogP contribution is -2.45. The summed E-state index contributed by atoms with van der Waals surface area (Å²) in [5.41, 5.74) is 10.1. The Labute approximate surface area is 123 Å². The quantitative estimate of drug-likeness (QED) is 0.919. The van der Waals surface area contributed by atoms with Crippen LogP contribution in [0.3, 0.4) is 0 Å². The number of rotatable bonds is 4. The minimum absolute atomic E-state index is 0.267. The molecule has 1 aliphatic rings. The van der Waals surface area contributed by atoms with Crippen LogP contribution < -0.4 is 10.6 Å². The first-order valence-electron chi connectivity index (χ1n) is 7.75. The number of nitrogens with two attached hydrogens (primary N) is 1. The van der Waals surface area contributed by atoms with Gasteiger partial charge in [-0.25, -0.2) is 0 Å². The Morgan fingerprint density at radius 3 is 2.50 bits per heavy atom. The van der Waals surface area contributed by atoms with Crippen molar-refractivity contribution in [2.24, 2.45) is 5.73 Å². The molecule has 3 unspecified atom stereocenters. The molecule has 2 rings (SSSR count). The smallest absolute Gasteiger partial charge is 0.0726 e. The monoisotopic (exact) mass is 276 g/mol. The van der Waals surface area contributed by atoms with E-state index in [-0.39, 0.29) is 6.04 Å². The van der Waals surface area contributed by atoms with Crippen LogP contribution in [0.4, 0.5) is 5.69 Å². The third-order valence-electron chi connectivity index (χ3n) is 4.04. The third kappa shape index (κ3) is 3.74. The van der Waals surface area contributed by atoms with Crippen molar-refractivity contribution in [1.82, 2.24) is 0 Å². The highest BCUT2D eigenvalue weighted by atomic mass is 16.5. The lowest BCUT2D eigenvalue weighted by Gasteiger charge is -2.37. The molecule has 1 aromatic carbocycles. The Morgan fingerprint density at radius 1 is 1.30 bits per heavy atom. The highest BCUT2D eigenvalue weighted by Crippen LogP contribution is 2.25. The maximum Gasteiger partial charge on any atom is 0.0726 e. The van der Waals surface area contributed by atoms with Crippen LogP contribution in [-0.4, -0.2) is 31.3 Å². The van der Waals surface area contributed by atoms with Crippen molar-refractivity contribution in [2.75, 3.05) is 18.0 Å². The highest BCUT2D eigenvalue weighted by Gasteiger charge is 2.23. The predicted octanol–water partition coefficient (Wildman–Crippen LogP) is 2.89. The van der Waals surface area contributed by atoms with E-state index in [1.54, 1.807) is 0 Å². The number of hydrogen-bond acceptors (Lipinski definition) is 3. The fourth-order valence-corrected chi connectivity index (χ4v) is 3.02. The molecule has 1 aliphatic heterocycles. The van der Waals surface area contributed by atoms with Crippen LogP contribution in [0.25, 0.3) is 0 Å². The van der Waals surface area contributed by atoms with Crippen molar-refractivity contribution in [3.05, 3.63) is 29.3 Å². The van der Waals surface area contributed by atoms with Crippen LogP contribution in [0.5, 0.6) is 0 Å². The summed E-state index contributed by atoms with van der Waals surface area (Å²) in [6, 6.07) is 7.03. The van der Waals surface area contributed by atoms with Crippen molar-refractivity contribution in [3.8, 4) is 0 Å². The van der Waals surface area contributed by atoms with E-state index in [4.69, 9.17) is 10.5 Å². The van der Waals surface area contributed by atoms with E-state index in [2.05, 4.69) is 50.8 Å². The largest absolute Gasteiger partial charge is 0.372 e. The zero-order valence-corrected chi connectivity index (χ0v) is 13.2. The van der Waals surface area contributed by atoms with E-state index >= 15 is 0 Å². The predicted molar refractivity (Wildman–Crippen MR) is 85.4 cm³/mol. The highest BCUT2D eigenvalue weighted by molar-refractivity contribution is 5.55.